The number of nitrogens with one attached hydrogen (secondary N) is 1. The summed E-state index contributed by atoms with van der Waals surface area (Å²) in [5, 5.41) is 3.75. The van der Waals surface area contributed by atoms with E-state index in [9.17, 15) is 9.59 Å². The summed E-state index contributed by atoms with van der Waals surface area (Å²) in [6, 6.07) is 15.5. The second-order valence-corrected chi connectivity index (χ2v) is 7.48. The minimum absolute atomic E-state index is 0.0690. The molecule has 2 heterocycles. The van der Waals surface area contributed by atoms with Crippen molar-refractivity contribution in [3.63, 3.8) is 0 Å². The number of para-hydroxylation sites is 1. The molecule has 3 aromatic rings. The number of anilines is 1. The van der Waals surface area contributed by atoms with E-state index in [1.807, 2.05) is 55.6 Å². The van der Waals surface area contributed by atoms with Crippen molar-refractivity contribution >= 4 is 51.8 Å². The van der Waals surface area contributed by atoms with Crippen molar-refractivity contribution in [3.8, 4) is 0 Å². The van der Waals surface area contributed by atoms with Gasteiger partial charge in [0, 0.05) is 29.2 Å². The van der Waals surface area contributed by atoms with E-state index in [0.717, 1.165) is 35.0 Å². The summed E-state index contributed by atoms with van der Waals surface area (Å²) in [5.74, 6) is -0.895. The molecular weight excluding hydrogens is 382 g/mol. The maximum absolute atomic E-state index is 13.2. The van der Waals surface area contributed by atoms with Crippen LogP contribution in [0.5, 0.6) is 0 Å². The van der Waals surface area contributed by atoms with Crippen molar-refractivity contribution in [2.45, 2.75) is 26.8 Å². The molecule has 4 rings (SSSR count). The lowest BCUT2D eigenvalue weighted by Crippen LogP contribution is -2.54. The zero-order valence-corrected chi connectivity index (χ0v) is 17.1. The van der Waals surface area contributed by atoms with Gasteiger partial charge in [-0.1, -0.05) is 37.3 Å². The fraction of sp³-hybridized carbons (Fsp3) is 0.174. The average Bonchev–Trinajstić information content (AvgIpc) is 3.03. The molecule has 0 aliphatic carbocycles. The third-order valence-electron chi connectivity index (χ3n) is 4.95. The lowest BCUT2D eigenvalue weighted by atomic mass is 10.1. The van der Waals surface area contributed by atoms with E-state index in [2.05, 4.69) is 16.8 Å². The van der Waals surface area contributed by atoms with Crippen LogP contribution in [0.2, 0.25) is 0 Å². The number of fused-ring (bicyclic) bond motifs is 1. The lowest BCUT2D eigenvalue weighted by molar-refractivity contribution is -0.122. The number of hydrogen-bond donors (Lipinski definition) is 1. The molecule has 0 spiro atoms. The van der Waals surface area contributed by atoms with Crippen molar-refractivity contribution in [1.29, 1.82) is 0 Å². The van der Waals surface area contributed by atoms with Crippen LogP contribution in [0, 0.1) is 6.92 Å². The minimum atomic E-state index is -0.476. The smallest absolute Gasteiger partial charge is 0.270 e. The number of aryl methyl sites for hydroxylation is 2. The first-order valence-corrected chi connectivity index (χ1v) is 9.96. The lowest BCUT2D eigenvalue weighted by Gasteiger charge is -2.29. The van der Waals surface area contributed by atoms with Gasteiger partial charge in [-0.15, -0.1) is 0 Å². The summed E-state index contributed by atoms with van der Waals surface area (Å²) < 4.78 is 2.15. The second-order valence-electron chi connectivity index (χ2n) is 7.09. The highest BCUT2D eigenvalue weighted by Gasteiger charge is 2.34. The zero-order valence-electron chi connectivity index (χ0n) is 16.3. The Morgan fingerprint density at radius 3 is 2.66 bits per heavy atom. The van der Waals surface area contributed by atoms with Crippen LogP contribution in [-0.4, -0.2) is 21.5 Å². The van der Waals surface area contributed by atoms with Gasteiger partial charge in [-0.3, -0.25) is 19.8 Å². The van der Waals surface area contributed by atoms with Gasteiger partial charge >= 0.3 is 0 Å². The quantitative estimate of drug-likeness (QED) is 0.404. The van der Waals surface area contributed by atoms with Gasteiger partial charge in [-0.2, -0.15) is 0 Å². The van der Waals surface area contributed by atoms with Crippen LogP contribution in [0.15, 0.2) is 60.3 Å². The van der Waals surface area contributed by atoms with Crippen molar-refractivity contribution in [2.75, 3.05) is 4.90 Å². The third-order valence-corrected chi connectivity index (χ3v) is 5.23. The van der Waals surface area contributed by atoms with E-state index >= 15 is 0 Å². The molecule has 0 atom stereocenters. The van der Waals surface area contributed by atoms with E-state index in [4.69, 9.17) is 12.2 Å². The molecule has 1 saturated heterocycles. The largest absolute Gasteiger partial charge is 0.347 e. The van der Waals surface area contributed by atoms with Crippen LogP contribution >= 0.6 is 12.2 Å². The molecule has 1 aliphatic rings. The van der Waals surface area contributed by atoms with Crippen LogP contribution in [0.4, 0.5) is 5.69 Å². The summed E-state index contributed by atoms with van der Waals surface area (Å²) in [6.45, 7) is 4.92. The Kier molecular flexibility index (Phi) is 5.03. The first-order valence-electron chi connectivity index (χ1n) is 9.55. The molecule has 1 aromatic heterocycles. The highest BCUT2D eigenvalue weighted by molar-refractivity contribution is 7.80. The number of hydrogen-bond acceptors (Lipinski definition) is 3. The Bertz CT molecular complexity index is 1180. The molecule has 0 radical (unpaired) electrons. The average molecular weight is 404 g/mol. The number of thiocarbonyl (C=S) groups is 1. The topological polar surface area (TPSA) is 54.3 Å². The fourth-order valence-electron chi connectivity index (χ4n) is 3.63. The molecule has 146 valence electrons. The fourth-order valence-corrected chi connectivity index (χ4v) is 3.91. The molecule has 6 heteroatoms. The summed E-state index contributed by atoms with van der Waals surface area (Å²) in [4.78, 5) is 27.2. The van der Waals surface area contributed by atoms with Crippen LogP contribution in [-0.2, 0) is 16.1 Å². The van der Waals surface area contributed by atoms with Crippen LogP contribution in [0.25, 0.3) is 17.0 Å². The van der Waals surface area contributed by atoms with Crippen molar-refractivity contribution < 1.29 is 9.59 Å². The zero-order chi connectivity index (χ0) is 20.5. The minimum Gasteiger partial charge on any atom is -0.347 e. The maximum Gasteiger partial charge on any atom is 0.270 e. The van der Waals surface area contributed by atoms with Crippen molar-refractivity contribution in [1.82, 2.24) is 9.88 Å². The molecule has 29 heavy (non-hydrogen) atoms. The highest BCUT2D eigenvalue weighted by atomic mass is 32.1. The van der Waals surface area contributed by atoms with Gasteiger partial charge in [0.2, 0.25) is 0 Å². The van der Waals surface area contributed by atoms with Crippen molar-refractivity contribution in [2.24, 2.45) is 0 Å². The molecule has 0 bridgehead atoms. The van der Waals surface area contributed by atoms with Gasteiger partial charge in [-0.25, -0.2) is 0 Å². The van der Waals surface area contributed by atoms with Gasteiger partial charge in [0.15, 0.2) is 5.11 Å². The van der Waals surface area contributed by atoms with Gasteiger partial charge in [0.05, 0.1) is 5.69 Å². The Morgan fingerprint density at radius 2 is 1.90 bits per heavy atom. The molecular formula is C23H21N3O2S. The van der Waals surface area contributed by atoms with E-state index < -0.39 is 11.8 Å². The molecule has 2 aromatic carbocycles. The number of benzene rings is 2. The summed E-state index contributed by atoms with van der Waals surface area (Å²) in [6.07, 6.45) is 4.64. The van der Waals surface area contributed by atoms with Gasteiger partial charge in [-0.05, 0) is 55.4 Å². The number of amides is 2. The van der Waals surface area contributed by atoms with Crippen LogP contribution in [0.3, 0.4) is 0 Å². The third kappa shape index (κ3) is 3.47. The molecule has 1 fully saturated rings. The van der Waals surface area contributed by atoms with E-state index in [0.29, 0.717) is 5.69 Å². The Hall–Kier alpha value is -3.25. The monoisotopic (exact) mass is 403 g/mol. The van der Waals surface area contributed by atoms with Crippen molar-refractivity contribution in [3.05, 3.63) is 71.4 Å². The van der Waals surface area contributed by atoms with Gasteiger partial charge in [0.25, 0.3) is 11.8 Å². The number of rotatable bonds is 4. The van der Waals surface area contributed by atoms with Crippen LogP contribution < -0.4 is 10.2 Å². The Balaban J connectivity index is 1.81. The molecule has 1 aliphatic heterocycles. The second kappa shape index (κ2) is 7.64. The molecule has 0 saturated carbocycles. The van der Waals surface area contributed by atoms with E-state index in [1.165, 1.54) is 4.90 Å². The number of carbonyl (C=O) groups is 2. The molecule has 0 unspecified atom stereocenters. The molecule has 5 nitrogen and oxygen atoms in total. The number of carbonyl (C=O) groups excluding carboxylic acids is 2. The summed E-state index contributed by atoms with van der Waals surface area (Å²) >= 11 is 5.28. The summed E-state index contributed by atoms with van der Waals surface area (Å²) in [5.41, 5.74) is 3.63. The van der Waals surface area contributed by atoms with Gasteiger partial charge < -0.3 is 4.57 Å². The Morgan fingerprint density at radius 1 is 1.10 bits per heavy atom. The number of aromatic nitrogens is 1. The standard InChI is InChI=1S/C23H21N3O2S/c1-3-11-25-14-16(18-9-4-5-10-20(18)25)13-19-21(27)24-23(29)26(22(19)28)17-8-6-7-15(2)12-17/h4-10,12-14H,3,11H2,1-2H3,(H,24,27,29). The number of nitrogens with zero attached hydrogens (tertiary/aromatic N) is 2. The predicted molar refractivity (Wildman–Crippen MR) is 120 cm³/mol. The van der Waals surface area contributed by atoms with Gasteiger partial charge in [0.1, 0.15) is 5.57 Å². The maximum atomic E-state index is 13.2. The normalized spacial score (nSPS) is 16.0. The van der Waals surface area contributed by atoms with E-state index in [-0.39, 0.29) is 10.7 Å². The highest BCUT2D eigenvalue weighted by Crippen LogP contribution is 2.27. The first kappa shape index (κ1) is 19.1. The molecule has 2 amide bonds. The van der Waals surface area contributed by atoms with E-state index in [1.54, 1.807) is 12.1 Å². The molecule has 1 N–H and O–H groups in total. The van der Waals surface area contributed by atoms with Crippen LogP contribution in [0.1, 0.15) is 24.5 Å². The first-order chi connectivity index (χ1) is 14.0. The SMILES string of the molecule is CCCn1cc(C=C2C(=O)NC(=S)N(c3cccc(C)c3)C2=O)c2ccccc21. The predicted octanol–water partition coefficient (Wildman–Crippen LogP) is 4.19. The Labute approximate surface area is 174 Å². The summed E-state index contributed by atoms with van der Waals surface area (Å²) in [7, 11) is 0.